The van der Waals surface area contributed by atoms with Crippen molar-refractivity contribution in [3.63, 3.8) is 0 Å². The lowest BCUT2D eigenvalue weighted by atomic mass is 10.2. The first-order chi connectivity index (χ1) is 15.4. The molecule has 9 heteroatoms. The third-order valence-corrected chi connectivity index (χ3v) is 7.66. The number of carbonyl (C=O) groups excluding carboxylic acids is 1. The Labute approximate surface area is 184 Å². The van der Waals surface area contributed by atoms with Crippen molar-refractivity contribution in [2.75, 3.05) is 0 Å². The number of H-pyrrole nitrogens is 1. The van der Waals surface area contributed by atoms with Crippen LogP contribution in [0, 0.1) is 6.92 Å². The normalized spacial score (nSPS) is 11.9. The minimum absolute atomic E-state index is 0.122. The van der Waals surface area contributed by atoms with E-state index in [2.05, 4.69) is 15.3 Å². The van der Waals surface area contributed by atoms with Crippen LogP contribution in [0.5, 0.6) is 0 Å². The number of hydrogen-bond donors (Lipinski definition) is 2. The first kappa shape index (κ1) is 20.1. The highest BCUT2D eigenvalue weighted by molar-refractivity contribution is 7.91. The summed E-state index contributed by atoms with van der Waals surface area (Å²) >= 11 is 0. The van der Waals surface area contributed by atoms with Crippen LogP contribution in [0.3, 0.4) is 0 Å². The minimum Gasteiger partial charge on any atom is -0.361 e. The SMILES string of the molecule is Cc1c(S(=O)(=O)c2ccc3[nH]ccc3c2)cc(C(=O)NCc2cccc3nccn23)n1C. The highest BCUT2D eigenvalue weighted by Gasteiger charge is 2.26. The van der Waals surface area contributed by atoms with Gasteiger partial charge in [0.1, 0.15) is 11.3 Å². The molecule has 0 unspecified atom stereocenters. The lowest BCUT2D eigenvalue weighted by molar-refractivity contribution is 0.0942. The lowest BCUT2D eigenvalue weighted by Gasteiger charge is -2.09. The molecule has 162 valence electrons. The standard InChI is InChI=1S/C23H21N5O3S/c1-15-21(32(30,31)18-6-7-19-16(12-18)8-9-24-19)13-20(27(15)2)23(29)26-14-17-4-3-5-22-25-10-11-28(17)22/h3-13,24H,14H2,1-2H3,(H,26,29). The number of sulfone groups is 1. The van der Waals surface area contributed by atoms with Crippen molar-refractivity contribution < 1.29 is 13.2 Å². The molecule has 0 radical (unpaired) electrons. The molecule has 0 saturated heterocycles. The zero-order chi connectivity index (χ0) is 22.5. The minimum atomic E-state index is -3.79. The van der Waals surface area contributed by atoms with E-state index in [1.54, 1.807) is 49.1 Å². The van der Waals surface area contributed by atoms with Crippen molar-refractivity contribution in [3.8, 4) is 0 Å². The van der Waals surface area contributed by atoms with E-state index in [1.165, 1.54) is 6.07 Å². The Bertz CT molecular complexity index is 1590. The number of amides is 1. The van der Waals surface area contributed by atoms with Gasteiger partial charge in [-0.15, -0.1) is 0 Å². The lowest BCUT2D eigenvalue weighted by Crippen LogP contribution is -2.25. The zero-order valence-electron chi connectivity index (χ0n) is 17.5. The van der Waals surface area contributed by atoms with Gasteiger partial charge in [0.25, 0.3) is 5.91 Å². The van der Waals surface area contributed by atoms with E-state index in [9.17, 15) is 13.2 Å². The Hall–Kier alpha value is -3.85. The summed E-state index contributed by atoms with van der Waals surface area (Å²) in [7, 11) is -2.10. The quantitative estimate of drug-likeness (QED) is 0.432. The summed E-state index contributed by atoms with van der Waals surface area (Å²) in [4.78, 5) is 20.5. The number of aromatic amines is 1. The van der Waals surface area contributed by atoms with E-state index in [-0.39, 0.29) is 27.9 Å². The third-order valence-electron chi connectivity index (χ3n) is 5.79. The molecule has 5 aromatic rings. The number of carbonyl (C=O) groups is 1. The average molecular weight is 448 g/mol. The molecule has 0 aliphatic carbocycles. The topological polar surface area (TPSA) is 101 Å². The van der Waals surface area contributed by atoms with Crippen LogP contribution in [0.25, 0.3) is 16.6 Å². The molecule has 0 aliphatic heterocycles. The fourth-order valence-electron chi connectivity index (χ4n) is 3.90. The second-order valence-corrected chi connectivity index (χ2v) is 9.54. The number of fused-ring (bicyclic) bond motifs is 2. The van der Waals surface area contributed by atoms with Gasteiger partial charge < -0.3 is 19.3 Å². The van der Waals surface area contributed by atoms with Crippen molar-refractivity contribution in [2.24, 2.45) is 7.05 Å². The Morgan fingerprint density at radius 3 is 2.84 bits per heavy atom. The number of imidazole rings is 1. The molecule has 4 heterocycles. The number of aromatic nitrogens is 4. The summed E-state index contributed by atoms with van der Waals surface area (Å²) < 4.78 is 30.2. The fourth-order valence-corrected chi connectivity index (χ4v) is 5.47. The average Bonchev–Trinajstić information content (AvgIpc) is 3.51. The van der Waals surface area contributed by atoms with Crippen molar-refractivity contribution >= 4 is 32.3 Å². The van der Waals surface area contributed by atoms with Gasteiger partial charge in [-0.1, -0.05) is 6.07 Å². The van der Waals surface area contributed by atoms with Crippen LogP contribution in [-0.4, -0.2) is 33.3 Å². The van der Waals surface area contributed by atoms with Gasteiger partial charge >= 0.3 is 0 Å². The maximum absolute atomic E-state index is 13.3. The smallest absolute Gasteiger partial charge is 0.268 e. The number of nitrogens with one attached hydrogen (secondary N) is 2. The van der Waals surface area contributed by atoms with E-state index < -0.39 is 9.84 Å². The first-order valence-electron chi connectivity index (χ1n) is 10.0. The molecule has 5 rings (SSSR count). The molecular weight excluding hydrogens is 426 g/mol. The maximum atomic E-state index is 13.3. The zero-order valence-corrected chi connectivity index (χ0v) is 18.3. The molecule has 0 spiro atoms. The molecule has 0 fully saturated rings. The molecule has 2 N–H and O–H groups in total. The summed E-state index contributed by atoms with van der Waals surface area (Å²) in [5.41, 5.74) is 3.30. The number of pyridine rings is 1. The number of nitrogens with zero attached hydrogens (tertiary/aromatic N) is 3. The van der Waals surface area contributed by atoms with Gasteiger partial charge in [-0.05, 0) is 49.4 Å². The first-order valence-corrected chi connectivity index (χ1v) is 11.5. The van der Waals surface area contributed by atoms with E-state index >= 15 is 0 Å². The fraction of sp³-hybridized carbons (Fsp3) is 0.130. The van der Waals surface area contributed by atoms with Crippen LogP contribution < -0.4 is 5.32 Å². The van der Waals surface area contributed by atoms with Crippen LogP contribution in [0.15, 0.2) is 76.9 Å². The van der Waals surface area contributed by atoms with Gasteiger partial charge in [-0.3, -0.25) is 4.79 Å². The van der Waals surface area contributed by atoms with Crippen molar-refractivity contribution in [1.29, 1.82) is 0 Å². The summed E-state index contributed by atoms with van der Waals surface area (Å²) in [5, 5.41) is 3.69. The van der Waals surface area contributed by atoms with E-state index in [0.29, 0.717) is 5.69 Å². The van der Waals surface area contributed by atoms with Crippen LogP contribution in [-0.2, 0) is 23.4 Å². The van der Waals surface area contributed by atoms with Gasteiger partial charge in [-0.2, -0.15) is 0 Å². The van der Waals surface area contributed by atoms with Gasteiger partial charge in [0.2, 0.25) is 9.84 Å². The second-order valence-electron chi connectivity index (χ2n) is 7.62. The summed E-state index contributed by atoms with van der Waals surface area (Å²) in [6, 6.07) is 13.9. The molecule has 0 bridgehead atoms. The Morgan fingerprint density at radius 2 is 2.00 bits per heavy atom. The molecule has 1 aromatic carbocycles. The molecule has 8 nitrogen and oxygen atoms in total. The Balaban J connectivity index is 1.45. The van der Waals surface area contributed by atoms with E-state index in [4.69, 9.17) is 0 Å². The maximum Gasteiger partial charge on any atom is 0.268 e. The van der Waals surface area contributed by atoms with Crippen molar-refractivity contribution in [1.82, 2.24) is 24.3 Å². The molecule has 4 aromatic heterocycles. The van der Waals surface area contributed by atoms with Crippen LogP contribution in [0.4, 0.5) is 0 Å². The van der Waals surface area contributed by atoms with Gasteiger partial charge in [0.05, 0.1) is 16.3 Å². The predicted molar refractivity (Wildman–Crippen MR) is 120 cm³/mol. The van der Waals surface area contributed by atoms with Gasteiger partial charge in [0.15, 0.2) is 0 Å². The third kappa shape index (κ3) is 3.18. The molecule has 0 aliphatic rings. The summed E-state index contributed by atoms with van der Waals surface area (Å²) in [6.07, 6.45) is 5.29. The molecule has 32 heavy (non-hydrogen) atoms. The molecule has 0 atom stereocenters. The monoisotopic (exact) mass is 447 g/mol. The van der Waals surface area contributed by atoms with Crippen LogP contribution in [0.1, 0.15) is 21.9 Å². The largest absolute Gasteiger partial charge is 0.361 e. The van der Waals surface area contributed by atoms with E-state index in [1.807, 2.05) is 34.9 Å². The highest BCUT2D eigenvalue weighted by atomic mass is 32.2. The second kappa shape index (κ2) is 7.38. The summed E-state index contributed by atoms with van der Waals surface area (Å²) in [5.74, 6) is -0.352. The summed E-state index contributed by atoms with van der Waals surface area (Å²) in [6.45, 7) is 1.98. The number of rotatable bonds is 5. The van der Waals surface area contributed by atoms with Gasteiger partial charge in [-0.25, -0.2) is 13.4 Å². The molecular formula is C23H21N5O3S. The number of hydrogen-bond acceptors (Lipinski definition) is 4. The van der Waals surface area contributed by atoms with E-state index in [0.717, 1.165) is 22.2 Å². The highest BCUT2D eigenvalue weighted by Crippen LogP contribution is 2.28. The van der Waals surface area contributed by atoms with Gasteiger partial charge in [0, 0.05) is 47.9 Å². The number of benzene rings is 1. The molecule has 0 saturated carbocycles. The molecule has 1 amide bonds. The van der Waals surface area contributed by atoms with Crippen molar-refractivity contribution in [3.05, 3.63) is 84.2 Å². The Morgan fingerprint density at radius 1 is 1.16 bits per heavy atom. The van der Waals surface area contributed by atoms with Crippen LogP contribution >= 0.6 is 0 Å². The predicted octanol–water partition coefficient (Wildman–Crippen LogP) is 3.23. The van der Waals surface area contributed by atoms with Crippen LogP contribution in [0.2, 0.25) is 0 Å². The Kier molecular flexibility index (Phi) is 4.63. The van der Waals surface area contributed by atoms with Crippen molar-refractivity contribution in [2.45, 2.75) is 23.3 Å².